The Balaban J connectivity index is 1.31. The smallest absolute Gasteiger partial charge is 0.255 e. The number of halogens is 1. The number of hydrogen-bond acceptors (Lipinski definition) is 6. The summed E-state index contributed by atoms with van der Waals surface area (Å²) in [4.78, 5) is 29.0. The molecular formula is C28H30FN3O4. The van der Waals surface area contributed by atoms with E-state index in [4.69, 9.17) is 9.47 Å². The number of fused-ring (bicyclic) bond motifs is 1. The molecular weight excluding hydrogens is 461 g/mol. The number of Topliss-reactive ketones (excluding diaryl/α,β-unsaturated/α-hetero) is 1. The Morgan fingerprint density at radius 3 is 2.50 bits per heavy atom. The van der Waals surface area contributed by atoms with Crippen LogP contribution in [-0.2, 0) is 9.53 Å². The first kappa shape index (κ1) is 24.2. The van der Waals surface area contributed by atoms with Crippen molar-refractivity contribution in [2.45, 2.75) is 12.8 Å². The van der Waals surface area contributed by atoms with Gasteiger partial charge in [-0.2, -0.15) is 0 Å². The molecule has 5 rings (SSSR count). The maximum atomic E-state index is 14.4. The molecule has 0 saturated carbocycles. The number of hydrogen-bond donors (Lipinski definition) is 1. The number of nitrogens with zero attached hydrogens (tertiary/aromatic N) is 2. The molecule has 36 heavy (non-hydrogen) atoms. The normalized spacial score (nSPS) is 16.8. The summed E-state index contributed by atoms with van der Waals surface area (Å²) in [6, 6.07) is 15.7. The Morgan fingerprint density at radius 1 is 0.972 bits per heavy atom. The van der Waals surface area contributed by atoms with E-state index < -0.39 is 11.7 Å². The summed E-state index contributed by atoms with van der Waals surface area (Å²) in [6.45, 7) is 5.76. The lowest BCUT2D eigenvalue weighted by Crippen LogP contribution is -2.38. The van der Waals surface area contributed by atoms with Gasteiger partial charge >= 0.3 is 0 Å². The molecule has 0 radical (unpaired) electrons. The first-order chi connectivity index (χ1) is 17.6. The van der Waals surface area contributed by atoms with Gasteiger partial charge in [0.2, 0.25) is 0 Å². The molecule has 2 saturated heterocycles. The molecule has 0 spiro atoms. The summed E-state index contributed by atoms with van der Waals surface area (Å²) in [6.07, 6.45) is 0.871. The molecule has 3 aromatic carbocycles. The lowest BCUT2D eigenvalue weighted by Gasteiger charge is -2.28. The summed E-state index contributed by atoms with van der Waals surface area (Å²) in [5.74, 6) is 0.0870. The van der Waals surface area contributed by atoms with Gasteiger partial charge in [-0.25, -0.2) is 4.39 Å². The van der Waals surface area contributed by atoms with Crippen LogP contribution in [0.25, 0.3) is 10.8 Å². The third-order valence-corrected chi connectivity index (χ3v) is 6.73. The zero-order chi connectivity index (χ0) is 24.9. The van der Waals surface area contributed by atoms with Crippen LogP contribution < -0.4 is 15.0 Å². The second-order valence-corrected chi connectivity index (χ2v) is 9.14. The maximum absolute atomic E-state index is 14.4. The summed E-state index contributed by atoms with van der Waals surface area (Å²) < 4.78 is 25.9. The standard InChI is InChI=1S/C28H30FN3O4/c29-21-17-20(18-22(19-21)32-9-7-23(33)8-10-32)28(34)30-26-5-6-27(25-4-2-1-3-24(25)26)36-16-13-31-11-14-35-15-12-31/h1-6,17-19H,7-16H2,(H,30,34). The van der Waals surface area contributed by atoms with Crippen LogP contribution in [-0.4, -0.2) is 69.1 Å². The van der Waals surface area contributed by atoms with E-state index in [0.717, 1.165) is 49.4 Å². The molecule has 1 N–H and O–H groups in total. The molecule has 1 amide bonds. The lowest BCUT2D eigenvalue weighted by atomic mass is 10.1. The Kier molecular flexibility index (Phi) is 7.44. The zero-order valence-corrected chi connectivity index (χ0v) is 20.2. The third-order valence-electron chi connectivity index (χ3n) is 6.73. The predicted molar refractivity (Wildman–Crippen MR) is 138 cm³/mol. The molecule has 7 nitrogen and oxygen atoms in total. The Morgan fingerprint density at radius 2 is 1.72 bits per heavy atom. The number of nitrogens with one attached hydrogen (secondary N) is 1. The number of piperidine rings is 1. The van der Waals surface area contributed by atoms with Crippen molar-refractivity contribution >= 4 is 33.8 Å². The largest absolute Gasteiger partial charge is 0.492 e. The highest BCUT2D eigenvalue weighted by Crippen LogP contribution is 2.32. The Bertz CT molecular complexity index is 1250. The predicted octanol–water partition coefficient (Wildman–Crippen LogP) is 4.11. The van der Waals surface area contributed by atoms with Gasteiger partial charge in [-0.1, -0.05) is 24.3 Å². The maximum Gasteiger partial charge on any atom is 0.255 e. The highest BCUT2D eigenvalue weighted by Gasteiger charge is 2.19. The van der Waals surface area contributed by atoms with E-state index in [1.807, 2.05) is 41.3 Å². The van der Waals surface area contributed by atoms with Crippen molar-refractivity contribution in [1.82, 2.24) is 4.90 Å². The van der Waals surface area contributed by atoms with E-state index >= 15 is 0 Å². The molecule has 8 heteroatoms. The average molecular weight is 492 g/mol. The Labute approximate surface area is 209 Å². The highest BCUT2D eigenvalue weighted by atomic mass is 19.1. The molecule has 2 heterocycles. The van der Waals surface area contributed by atoms with Crippen LogP contribution in [0.5, 0.6) is 5.75 Å². The minimum Gasteiger partial charge on any atom is -0.492 e. The first-order valence-electron chi connectivity index (χ1n) is 12.4. The van der Waals surface area contributed by atoms with Gasteiger partial charge in [0.1, 0.15) is 24.0 Å². The van der Waals surface area contributed by atoms with E-state index in [2.05, 4.69) is 10.2 Å². The molecule has 188 valence electrons. The lowest BCUT2D eigenvalue weighted by molar-refractivity contribution is -0.119. The molecule has 0 unspecified atom stereocenters. The third kappa shape index (κ3) is 5.66. The number of benzene rings is 3. The highest BCUT2D eigenvalue weighted by molar-refractivity contribution is 6.10. The van der Waals surface area contributed by atoms with Crippen LogP contribution in [0, 0.1) is 5.82 Å². The van der Waals surface area contributed by atoms with Crippen molar-refractivity contribution in [2.75, 3.05) is 62.8 Å². The number of morpholine rings is 1. The second kappa shape index (κ2) is 11.1. The molecule has 0 aliphatic carbocycles. The van der Waals surface area contributed by atoms with Gasteiger partial charge in [0, 0.05) is 73.3 Å². The molecule has 2 aliphatic rings. The van der Waals surface area contributed by atoms with E-state index in [-0.39, 0.29) is 11.3 Å². The van der Waals surface area contributed by atoms with Gasteiger partial charge in [-0.15, -0.1) is 0 Å². The molecule has 0 atom stereocenters. The number of ether oxygens (including phenoxy) is 2. The van der Waals surface area contributed by atoms with Gasteiger partial charge < -0.3 is 19.7 Å². The van der Waals surface area contributed by atoms with Crippen molar-refractivity contribution in [3.05, 3.63) is 66.0 Å². The number of carbonyl (C=O) groups is 2. The number of rotatable bonds is 7. The zero-order valence-electron chi connectivity index (χ0n) is 20.2. The summed E-state index contributed by atoms with van der Waals surface area (Å²) in [5.41, 5.74) is 1.48. The fraction of sp³-hybridized carbons (Fsp3) is 0.357. The average Bonchev–Trinajstić information content (AvgIpc) is 2.90. The van der Waals surface area contributed by atoms with E-state index in [1.165, 1.54) is 12.1 Å². The quantitative estimate of drug-likeness (QED) is 0.537. The number of ketones is 1. The van der Waals surface area contributed by atoms with Crippen LogP contribution in [0.3, 0.4) is 0 Å². The van der Waals surface area contributed by atoms with E-state index in [0.29, 0.717) is 43.9 Å². The fourth-order valence-corrected chi connectivity index (χ4v) is 4.71. The molecule has 2 aliphatic heterocycles. The molecule has 0 bridgehead atoms. The summed E-state index contributed by atoms with van der Waals surface area (Å²) in [7, 11) is 0. The fourth-order valence-electron chi connectivity index (χ4n) is 4.71. The molecule has 3 aromatic rings. The van der Waals surface area contributed by atoms with Crippen molar-refractivity contribution in [3.8, 4) is 5.75 Å². The first-order valence-corrected chi connectivity index (χ1v) is 12.4. The van der Waals surface area contributed by atoms with Gasteiger partial charge in [-0.05, 0) is 30.3 Å². The van der Waals surface area contributed by atoms with E-state index in [9.17, 15) is 14.0 Å². The second-order valence-electron chi connectivity index (χ2n) is 9.14. The topological polar surface area (TPSA) is 71.1 Å². The van der Waals surface area contributed by atoms with Gasteiger partial charge in [0.05, 0.1) is 13.2 Å². The Hall–Kier alpha value is -3.49. The monoisotopic (exact) mass is 491 g/mol. The van der Waals surface area contributed by atoms with E-state index in [1.54, 1.807) is 6.07 Å². The van der Waals surface area contributed by atoms with Crippen LogP contribution in [0.1, 0.15) is 23.2 Å². The van der Waals surface area contributed by atoms with Gasteiger partial charge in [0.25, 0.3) is 5.91 Å². The summed E-state index contributed by atoms with van der Waals surface area (Å²) in [5, 5.41) is 4.69. The minimum absolute atomic E-state index is 0.209. The SMILES string of the molecule is O=C1CCN(c2cc(F)cc(C(=O)Nc3ccc(OCCN4CCOCC4)c4ccccc34)c2)CC1. The van der Waals surface area contributed by atoms with Crippen molar-refractivity contribution < 1.29 is 23.5 Å². The summed E-state index contributed by atoms with van der Waals surface area (Å²) >= 11 is 0. The van der Waals surface area contributed by atoms with Crippen LogP contribution in [0.4, 0.5) is 15.8 Å². The van der Waals surface area contributed by atoms with Gasteiger partial charge in [0.15, 0.2) is 0 Å². The number of anilines is 2. The van der Waals surface area contributed by atoms with Crippen LogP contribution in [0.15, 0.2) is 54.6 Å². The van der Waals surface area contributed by atoms with Gasteiger partial charge in [-0.3, -0.25) is 14.5 Å². The van der Waals surface area contributed by atoms with Crippen molar-refractivity contribution in [2.24, 2.45) is 0 Å². The minimum atomic E-state index is -0.483. The van der Waals surface area contributed by atoms with Crippen molar-refractivity contribution in [1.29, 1.82) is 0 Å². The molecule has 0 aromatic heterocycles. The van der Waals surface area contributed by atoms with Crippen LogP contribution >= 0.6 is 0 Å². The van der Waals surface area contributed by atoms with Crippen LogP contribution in [0.2, 0.25) is 0 Å². The van der Waals surface area contributed by atoms with Crippen molar-refractivity contribution in [3.63, 3.8) is 0 Å². The molecule has 2 fully saturated rings. The number of carbonyl (C=O) groups excluding carboxylic acids is 2. The number of amides is 1.